The van der Waals surface area contributed by atoms with Gasteiger partial charge in [0.2, 0.25) is 5.91 Å². The Bertz CT molecular complexity index is 866. The first-order valence-electron chi connectivity index (χ1n) is 7.10. The van der Waals surface area contributed by atoms with Gasteiger partial charge in [-0.3, -0.25) is 14.2 Å². The third-order valence-electron chi connectivity index (χ3n) is 3.23. The van der Waals surface area contributed by atoms with E-state index in [0.29, 0.717) is 12.4 Å². The number of aryl methyl sites for hydroxylation is 1. The summed E-state index contributed by atoms with van der Waals surface area (Å²) in [6.45, 7) is 5.52. The standard InChI is InChI=1S/C15H18N4O4/c1-4-7-16-11(20)9-19-14(21)12-10(23-5-2)6-8-17-13(12)18(3)15(19)22/h4,6,8H,1,5,7,9H2,2-3H3,(H,16,20). The van der Waals surface area contributed by atoms with Gasteiger partial charge in [-0.15, -0.1) is 6.58 Å². The van der Waals surface area contributed by atoms with Crippen molar-refractivity contribution in [3.8, 4) is 5.75 Å². The van der Waals surface area contributed by atoms with Crippen molar-refractivity contribution in [1.29, 1.82) is 0 Å². The van der Waals surface area contributed by atoms with Gasteiger partial charge in [0, 0.05) is 19.8 Å². The molecular formula is C15H18N4O4. The van der Waals surface area contributed by atoms with Crippen LogP contribution >= 0.6 is 0 Å². The Morgan fingerprint density at radius 1 is 1.48 bits per heavy atom. The van der Waals surface area contributed by atoms with Crippen LogP contribution in [0.15, 0.2) is 34.5 Å². The van der Waals surface area contributed by atoms with Crippen LogP contribution in [0.25, 0.3) is 11.0 Å². The van der Waals surface area contributed by atoms with E-state index in [1.165, 1.54) is 23.9 Å². The highest BCUT2D eigenvalue weighted by atomic mass is 16.5. The number of aromatic nitrogens is 3. The zero-order valence-corrected chi connectivity index (χ0v) is 13.0. The van der Waals surface area contributed by atoms with Gasteiger partial charge in [0.1, 0.15) is 17.7 Å². The summed E-state index contributed by atoms with van der Waals surface area (Å²) in [6, 6.07) is 1.56. The molecule has 8 heteroatoms. The molecule has 0 spiro atoms. The van der Waals surface area contributed by atoms with E-state index in [9.17, 15) is 14.4 Å². The average molecular weight is 318 g/mol. The smallest absolute Gasteiger partial charge is 0.332 e. The number of nitrogens with zero attached hydrogens (tertiary/aromatic N) is 3. The number of carbonyl (C=O) groups excluding carboxylic acids is 1. The Morgan fingerprint density at radius 2 is 2.22 bits per heavy atom. The molecule has 2 heterocycles. The van der Waals surface area contributed by atoms with E-state index >= 15 is 0 Å². The van der Waals surface area contributed by atoms with Crippen LogP contribution < -0.4 is 21.3 Å². The molecule has 0 bridgehead atoms. The molecule has 0 aliphatic carbocycles. The number of hydrogen-bond acceptors (Lipinski definition) is 5. The van der Waals surface area contributed by atoms with Crippen molar-refractivity contribution in [2.45, 2.75) is 13.5 Å². The van der Waals surface area contributed by atoms with Gasteiger partial charge in [0.15, 0.2) is 5.65 Å². The molecule has 0 saturated heterocycles. The summed E-state index contributed by atoms with van der Waals surface area (Å²) in [7, 11) is 1.49. The molecule has 0 atom stereocenters. The molecule has 122 valence electrons. The lowest BCUT2D eigenvalue weighted by atomic mass is 10.3. The van der Waals surface area contributed by atoms with E-state index in [2.05, 4.69) is 16.9 Å². The molecule has 2 aromatic rings. The minimum absolute atomic E-state index is 0.174. The monoisotopic (exact) mass is 318 g/mol. The third-order valence-corrected chi connectivity index (χ3v) is 3.23. The van der Waals surface area contributed by atoms with Gasteiger partial charge in [0.25, 0.3) is 5.56 Å². The topological polar surface area (TPSA) is 95.2 Å². The Labute approximate surface area is 132 Å². The number of rotatable bonds is 6. The molecule has 0 aliphatic heterocycles. The predicted octanol–water partition coefficient (Wildman–Crippen LogP) is -0.204. The summed E-state index contributed by atoms with van der Waals surface area (Å²) in [4.78, 5) is 40.9. The first kappa shape index (κ1) is 16.5. The maximum atomic E-state index is 12.6. The second-order valence-corrected chi connectivity index (χ2v) is 4.77. The number of carbonyl (C=O) groups is 1. The van der Waals surface area contributed by atoms with E-state index in [-0.39, 0.29) is 24.1 Å². The normalized spacial score (nSPS) is 10.5. The van der Waals surface area contributed by atoms with Crippen molar-refractivity contribution in [2.24, 2.45) is 7.05 Å². The number of hydrogen-bond donors (Lipinski definition) is 1. The van der Waals surface area contributed by atoms with Crippen LogP contribution in [-0.2, 0) is 18.4 Å². The Kier molecular flexibility index (Phi) is 4.95. The van der Waals surface area contributed by atoms with Crippen LogP contribution in [0.1, 0.15) is 6.92 Å². The van der Waals surface area contributed by atoms with Crippen LogP contribution in [0.4, 0.5) is 0 Å². The first-order chi connectivity index (χ1) is 11.0. The van der Waals surface area contributed by atoms with Gasteiger partial charge in [-0.2, -0.15) is 0 Å². The average Bonchev–Trinajstić information content (AvgIpc) is 2.55. The van der Waals surface area contributed by atoms with Gasteiger partial charge in [-0.25, -0.2) is 14.3 Å². The highest BCUT2D eigenvalue weighted by molar-refractivity contribution is 5.81. The summed E-state index contributed by atoms with van der Waals surface area (Å²) in [5.41, 5.74) is -1.00. The van der Waals surface area contributed by atoms with Crippen molar-refractivity contribution in [2.75, 3.05) is 13.2 Å². The SMILES string of the molecule is C=CCNC(=O)Cn1c(=O)c2c(OCC)ccnc2n(C)c1=O. The van der Waals surface area contributed by atoms with E-state index < -0.39 is 17.2 Å². The molecule has 0 aromatic carbocycles. The van der Waals surface area contributed by atoms with Gasteiger partial charge in [-0.05, 0) is 13.0 Å². The molecule has 2 rings (SSSR count). The molecule has 0 radical (unpaired) electrons. The van der Waals surface area contributed by atoms with Crippen molar-refractivity contribution in [3.05, 3.63) is 45.8 Å². The van der Waals surface area contributed by atoms with E-state index in [1.54, 1.807) is 13.0 Å². The Morgan fingerprint density at radius 3 is 2.87 bits per heavy atom. The lowest BCUT2D eigenvalue weighted by Crippen LogP contribution is -2.43. The van der Waals surface area contributed by atoms with Crippen LogP contribution in [0.2, 0.25) is 0 Å². The van der Waals surface area contributed by atoms with Gasteiger partial charge in [-0.1, -0.05) is 6.08 Å². The maximum absolute atomic E-state index is 12.6. The lowest BCUT2D eigenvalue weighted by Gasteiger charge is -2.12. The second kappa shape index (κ2) is 6.91. The molecule has 0 fully saturated rings. The highest BCUT2D eigenvalue weighted by Crippen LogP contribution is 2.18. The van der Waals surface area contributed by atoms with E-state index in [0.717, 1.165) is 4.57 Å². The Balaban J connectivity index is 2.64. The van der Waals surface area contributed by atoms with Crippen molar-refractivity contribution < 1.29 is 9.53 Å². The summed E-state index contributed by atoms with van der Waals surface area (Å²) in [5, 5.41) is 2.70. The third kappa shape index (κ3) is 3.15. The van der Waals surface area contributed by atoms with E-state index in [1.807, 2.05) is 0 Å². The van der Waals surface area contributed by atoms with Crippen molar-refractivity contribution in [3.63, 3.8) is 0 Å². The summed E-state index contributed by atoms with van der Waals surface area (Å²) in [5.74, 6) is -0.122. The molecule has 8 nitrogen and oxygen atoms in total. The summed E-state index contributed by atoms with van der Waals surface area (Å²) >= 11 is 0. The fourth-order valence-corrected chi connectivity index (χ4v) is 2.18. The molecule has 2 aromatic heterocycles. The molecule has 1 amide bonds. The molecule has 0 unspecified atom stereocenters. The Hall–Kier alpha value is -2.90. The largest absolute Gasteiger partial charge is 0.493 e. The minimum atomic E-state index is -0.614. The zero-order chi connectivity index (χ0) is 17.0. The lowest BCUT2D eigenvalue weighted by molar-refractivity contribution is -0.121. The van der Waals surface area contributed by atoms with E-state index in [4.69, 9.17) is 4.74 Å². The van der Waals surface area contributed by atoms with Gasteiger partial charge < -0.3 is 10.1 Å². The second-order valence-electron chi connectivity index (χ2n) is 4.77. The van der Waals surface area contributed by atoms with Crippen molar-refractivity contribution in [1.82, 2.24) is 19.4 Å². The number of fused-ring (bicyclic) bond motifs is 1. The van der Waals surface area contributed by atoms with Crippen LogP contribution in [0.5, 0.6) is 5.75 Å². The number of pyridine rings is 1. The number of nitrogens with one attached hydrogen (secondary N) is 1. The fourth-order valence-electron chi connectivity index (χ4n) is 2.18. The molecule has 0 saturated carbocycles. The maximum Gasteiger partial charge on any atom is 0.332 e. The van der Waals surface area contributed by atoms with Crippen LogP contribution in [0.3, 0.4) is 0 Å². The number of amides is 1. The predicted molar refractivity (Wildman–Crippen MR) is 85.6 cm³/mol. The van der Waals surface area contributed by atoms with Gasteiger partial charge in [0.05, 0.1) is 6.61 Å². The highest BCUT2D eigenvalue weighted by Gasteiger charge is 2.17. The minimum Gasteiger partial charge on any atom is -0.493 e. The van der Waals surface area contributed by atoms with Crippen molar-refractivity contribution >= 4 is 16.9 Å². The molecule has 23 heavy (non-hydrogen) atoms. The zero-order valence-electron chi connectivity index (χ0n) is 13.0. The van der Waals surface area contributed by atoms with Gasteiger partial charge >= 0.3 is 5.69 Å². The fraction of sp³-hybridized carbons (Fsp3) is 0.333. The number of ether oxygens (including phenoxy) is 1. The summed E-state index contributed by atoms with van der Waals surface area (Å²) in [6.07, 6.45) is 2.98. The quantitative estimate of drug-likeness (QED) is 0.744. The van der Waals surface area contributed by atoms with Crippen LogP contribution in [-0.4, -0.2) is 33.2 Å². The molecule has 1 N–H and O–H groups in total. The summed E-state index contributed by atoms with van der Waals surface area (Å²) < 4.78 is 7.53. The first-order valence-corrected chi connectivity index (χ1v) is 7.10. The van der Waals surface area contributed by atoms with Crippen LogP contribution in [0, 0.1) is 0 Å². The molecule has 0 aliphatic rings. The molecular weight excluding hydrogens is 300 g/mol.